The molecule has 0 fully saturated rings. The number of carbonyl (C=O) groups is 1. The van der Waals surface area contributed by atoms with Crippen molar-refractivity contribution in [3.05, 3.63) is 42.0 Å². The van der Waals surface area contributed by atoms with Crippen molar-refractivity contribution in [1.29, 1.82) is 0 Å². The number of fused-ring (bicyclic) bond motifs is 1. The topological polar surface area (TPSA) is 67.5 Å². The molecule has 1 aromatic heterocycles. The van der Waals surface area contributed by atoms with E-state index >= 15 is 0 Å². The molecule has 2 heterocycles. The maximum Gasteiger partial charge on any atom is 0.413 e. The number of ether oxygens (including phenoxy) is 2. The number of H-pyrrole nitrogens is 1. The van der Waals surface area contributed by atoms with Crippen molar-refractivity contribution in [3.8, 4) is 5.75 Å². The number of aromatic nitrogens is 2. The molecule has 122 valence electrons. The lowest BCUT2D eigenvalue weighted by Crippen LogP contribution is -2.28. The van der Waals surface area contributed by atoms with E-state index in [1.165, 1.54) is 12.0 Å². The summed E-state index contributed by atoms with van der Waals surface area (Å²) in [7, 11) is 3.08. The summed E-state index contributed by atoms with van der Waals surface area (Å²) in [6.45, 7) is 2.87. The molecule has 0 unspecified atom stereocenters. The zero-order chi connectivity index (χ0) is 16.4. The molecule has 1 aliphatic rings. The van der Waals surface area contributed by atoms with Crippen LogP contribution in [0.5, 0.6) is 5.75 Å². The number of hydrogen-bond acceptors (Lipinski definition) is 4. The Labute approximate surface area is 135 Å². The maximum absolute atomic E-state index is 11.7. The fourth-order valence-corrected chi connectivity index (χ4v) is 3.00. The van der Waals surface area contributed by atoms with Gasteiger partial charge in [0.05, 0.1) is 20.0 Å². The highest BCUT2D eigenvalue weighted by Crippen LogP contribution is 2.40. The van der Waals surface area contributed by atoms with Crippen LogP contribution < -0.4 is 9.64 Å². The summed E-state index contributed by atoms with van der Waals surface area (Å²) in [6.07, 6.45) is 4.02. The van der Waals surface area contributed by atoms with Crippen molar-refractivity contribution < 1.29 is 14.3 Å². The summed E-state index contributed by atoms with van der Waals surface area (Å²) in [4.78, 5) is 20.5. The first-order valence-electron chi connectivity index (χ1n) is 7.65. The highest BCUT2D eigenvalue weighted by molar-refractivity contribution is 5.87. The molecule has 1 amide bonds. The van der Waals surface area contributed by atoms with Gasteiger partial charge in [0, 0.05) is 30.2 Å². The van der Waals surface area contributed by atoms with E-state index in [-0.39, 0.29) is 6.09 Å². The van der Waals surface area contributed by atoms with Gasteiger partial charge in [0.1, 0.15) is 5.75 Å². The quantitative estimate of drug-likeness (QED) is 0.945. The van der Waals surface area contributed by atoms with E-state index in [9.17, 15) is 4.79 Å². The predicted octanol–water partition coefficient (Wildman–Crippen LogP) is 2.97. The van der Waals surface area contributed by atoms with Crippen LogP contribution in [0, 0.1) is 5.92 Å². The van der Waals surface area contributed by atoms with Crippen molar-refractivity contribution in [3.63, 3.8) is 0 Å². The third kappa shape index (κ3) is 3.02. The summed E-state index contributed by atoms with van der Waals surface area (Å²) in [5.74, 6) is 1.57. The first-order chi connectivity index (χ1) is 11.1. The Morgan fingerprint density at radius 2 is 2.35 bits per heavy atom. The number of benzene rings is 1. The molecular formula is C17H21N3O3. The highest BCUT2D eigenvalue weighted by Gasteiger charge is 2.29. The van der Waals surface area contributed by atoms with Crippen LogP contribution in [0.4, 0.5) is 10.5 Å². The second-order valence-electron chi connectivity index (χ2n) is 5.93. The van der Waals surface area contributed by atoms with E-state index in [0.29, 0.717) is 18.4 Å². The van der Waals surface area contributed by atoms with Crippen LogP contribution in [-0.2, 0) is 11.2 Å². The van der Waals surface area contributed by atoms with Gasteiger partial charge in [0.15, 0.2) is 0 Å². The Morgan fingerprint density at radius 1 is 1.52 bits per heavy atom. The molecular weight excluding hydrogens is 294 g/mol. The minimum Gasteiger partial charge on any atom is -0.493 e. The molecule has 6 nitrogen and oxygen atoms in total. The first-order valence-corrected chi connectivity index (χ1v) is 7.65. The molecule has 1 aromatic carbocycles. The van der Waals surface area contributed by atoms with E-state index in [2.05, 4.69) is 16.9 Å². The number of imidazole rings is 1. The number of nitrogens with one attached hydrogen (secondary N) is 1. The number of anilines is 1. The monoisotopic (exact) mass is 315 g/mol. The molecule has 0 aliphatic carbocycles. The summed E-state index contributed by atoms with van der Waals surface area (Å²) in [5.41, 5.74) is 3.01. The number of methoxy groups -OCH3 is 1. The van der Waals surface area contributed by atoms with Crippen LogP contribution in [-0.4, -0.2) is 36.8 Å². The van der Waals surface area contributed by atoms with Gasteiger partial charge in [0.25, 0.3) is 0 Å². The van der Waals surface area contributed by atoms with Crippen LogP contribution in [0.1, 0.15) is 24.1 Å². The highest BCUT2D eigenvalue weighted by atomic mass is 16.5. The van der Waals surface area contributed by atoms with Gasteiger partial charge in [-0.2, -0.15) is 0 Å². The lowest BCUT2D eigenvalue weighted by molar-refractivity contribution is 0.180. The van der Waals surface area contributed by atoms with Gasteiger partial charge in [0.2, 0.25) is 0 Å². The molecule has 1 aliphatic heterocycles. The first kappa shape index (κ1) is 15.4. The third-order valence-corrected chi connectivity index (χ3v) is 4.41. The number of amides is 1. The molecule has 23 heavy (non-hydrogen) atoms. The largest absolute Gasteiger partial charge is 0.493 e. The van der Waals surface area contributed by atoms with Crippen molar-refractivity contribution >= 4 is 11.8 Å². The molecule has 3 rings (SSSR count). The fraction of sp³-hybridized carbons (Fsp3) is 0.412. The Kier molecular flexibility index (Phi) is 4.23. The lowest BCUT2D eigenvalue weighted by atomic mass is 9.82. The molecule has 0 bridgehead atoms. The Bertz CT molecular complexity index is 684. The second kappa shape index (κ2) is 6.32. The van der Waals surface area contributed by atoms with E-state index in [4.69, 9.17) is 9.47 Å². The standard InChI is InChI=1S/C17H21N3O3/c1-11-9-23-16-5-4-13(20(2)17(21)22-3)7-15(16)14(11)6-12-8-18-10-19-12/h4-5,7-8,10-11,14H,6,9H2,1-3H3,(H,18,19)/t11-,14-/m0/s1. The summed E-state index contributed by atoms with van der Waals surface area (Å²) >= 11 is 0. The van der Waals surface area contributed by atoms with Crippen LogP contribution in [0.25, 0.3) is 0 Å². The zero-order valence-electron chi connectivity index (χ0n) is 13.6. The Balaban J connectivity index is 1.94. The molecule has 6 heteroatoms. The number of aromatic amines is 1. The van der Waals surface area contributed by atoms with Gasteiger partial charge < -0.3 is 14.5 Å². The number of rotatable bonds is 3. The number of nitrogens with zero attached hydrogens (tertiary/aromatic N) is 2. The molecule has 2 aromatic rings. The van der Waals surface area contributed by atoms with Crippen LogP contribution in [0.15, 0.2) is 30.7 Å². The van der Waals surface area contributed by atoms with Gasteiger partial charge in [-0.25, -0.2) is 9.78 Å². The minimum absolute atomic E-state index is 0.310. The van der Waals surface area contributed by atoms with E-state index in [1.807, 2.05) is 24.4 Å². The molecule has 2 atom stereocenters. The van der Waals surface area contributed by atoms with Gasteiger partial charge in [-0.05, 0) is 36.5 Å². The third-order valence-electron chi connectivity index (χ3n) is 4.41. The zero-order valence-corrected chi connectivity index (χ0v) is 13.6. The van der Waals surface area contributed by atoms with E-state index in [0.717, 1.165) is 29.1 Å². The normalized spacial score (nSPS) is 19.6. The maximum atomic E-state index is 11.7. The summed E-state index contributed by atoms with van der Waals surface area (Å²) < 4.78 is 10.6. The van der Waals surface area contributed by atoms with Gasteiger partial charge in [-0.15, -0.1) is 0 Å². The van der Waals surface area contributed by atoms with Gasteiger partial charge >= 0.3 is 6.09 Å². The smallest absolute Gasteiger partial charge is 0.413 e. The molecule has 0 saturated heterocycles. The molecule has 1 N–H and O–H groups in total. The average Bonchev–Trinajstić information content (AvgIpc) is 3.08. The average molecular weight is 315 g/mol. The predicted molar refractivity (Wildman–Crippen MR) is 86.9 cm³/mol. The SMILES string of the molecule is COC(=O)N(C)c1ccc2c(c1)[C@@H](Cc1cnc[nH]1)[C@@H](C)CO2. The van der Waals surface area contributed by atoms with Crippen LogP contribution >= 0.6 is 0 Å². The van der Waals surface area contributed by atoms with E-state index in [1.54, 1.807) is 13.4 Å². The van der Waals surface area contributed by atoms with Crippen LogP contribution in [0.2, 0.25) is 0 Å². The van der Waals surface area contributed by atoms with Gasteiger partial charge in [-0.1, -0.05) is 6.92 Å². The molecule has 0 saturated carbocycles. The number of hydrogen-bond donors (Lipinski definition) is 1. The summed E-state index contributed by atoms with van der Waals surface area (Å²) in [5, 5.41) is 0. The lowest BCUT2D eigenvalue weighted by Gasteiger charge is -2.32. The molecule has 0 radical (unpaired) electrons. The van der Waals surface area contributed by atoms with Crippen molar-refractivity contribution in [1.82, 2.24) is 9.97 Å². The minimum atomic E-state index is -0.389. The summed E-state index contributed by atoms with van der Waals surface area (Å²) in [6, 6.07) is 5.82. The fourth-order valence-electron chi connectivity index (χ4n) is 3.00. The Hall–Kier alpha value is -2.50. The second-order valence-corrected chi connectivity index (χ2v) is 5.93. The molecule has 0 spiro atoms. The van der Waals surface area contributed by atoms with Crippen molar-refractivity contribution in [2.24, 2.45) is 5.92 Å². The Morgan fingerprint density at radius 3 is 3.04 bits per heavy atom. The van der Waals surface area contributed by atoms with Crippen LogP contribution in [0.3, 0.4) is 0 Å². The van der Waals surface area contributed by atoms with Crippen molar-refractivity contribution in [2.45, 2.75) is 19.3 Å². The van der Waals surface area contributed by atoms with E-state index < -0.39 is 0 Å². The number of carbonyl (C=O) groups excluding carboxylic acids is 1. The van der Waals surface area contributed by atoms with Gasteiger partial charge in [-0.3, -0.25) is 4.90 Å². The van der Waals surface area contributed by atoms with Crippen molar-refractivity contribution in [2.75, 3.05) is 25.7 Å².